The molecule has 2 fully saturated rings. The number of aliphatic hydroxyl groups is 1. The molecule has 0 saturated carbocycles. The fourth-order valence-corrected chi connectivity index (χ4v) is 4.00. The maximum absolute atomic E-state index is 12.8. The molecule has 0 radical (unpaired) electrons. The third-order valence-corrected chi connectivity index (χ3v) is 5.41. The summed E-state index contributed by atoms with van der Waals surface area (Å²) in [5.41, 5.74) is 0.792. The molecule has 1 aromatic rings. The van der Waals surface area contributed by atoms with Crippen LogP contribution < -0.4 is 4.74 Å². The van der Waals surface area contributed by atoms with Crippen molar-refractivity contribution in [2.45, 2.75) is 57.8 Å². The van der Waals surface area contributed by atoms with Crippen molar-refractivity contribution in [1.82, 2.24) is 9.80 Å². The van der Waals surface area contributed by atoms with Gasteiger partial charge in [-0.15, -0.1) is 0 Å². The minimum absolute atomic E-state index is 0.0243. The molecule has 5 nitrogen and oxygen atoms in total. The summed E-state index contributed by atoms with van der Waals surface area (Å²) in [5, 5.41) is 9.22. The second-order valence-corrected chi connectivity index (χ2v) is 7.22. The monoisotopic (exact) mass is 346 g/mol. The minimum Gasteiger partial charge on any atom is -0.481 e. The Bertz CT molecular complexity index is 572. The molecule has 1 N–H and O–H groups in total. The van der Waals surface area contributed by atoms with Crippen LogP contribution in [0.1, 0.15) is 44.6 Å². The molecule has 2 heterocycles. The summed E-state index contributed by atoms with van der Waals surface area (Å²) in [5.74, 6) is 0.702. The fraction of sp³-hybridized carbons (Fsp3) is 0.650. The Labute approximate surface area is 150 Å². The normalized spacial score (nSPS) is 23.3. The number of ether oxygens (including phenoxy) is 1. The first-order chi connectivity index (χ1) is 12.2. The highest BCUT2D eigenvalue weighted by Crippen LogP contribution is 2.22. The molecule has 0 aromatic heterocycles. The molecule has 1 aromatic carbocycles. The van der Waals surface area contributed by atoms with Crippen molar-refractivity contribution in [1.29, 1.82) is 0 Å². The van der Waals surface area contributed by atoms with Gasteiger partial charge in [0.25, 0.3) is 5.91 Å². The Morgan fingerprint density at radius 2 is 2.00 bits per heavy atom. The van der Waals surface area contributed by atoms with E-state index in [1.54, 1.807) is 6.07 Å². The summed E-state index contributed by atoms with van der Waals surface area (Å²) >= 11 is 0. The van der Waals surface area contributed by atoms with E-state index < -0.39 is 6.10 Å². The molecule has 5 heteroatoms. The van der Waals surface area contributed by atoms with E-state index >= 15 is 0 Å². The number of aliphatic hydroxyl groups excluding tert-OH is 1. The van der Waals surface area contributed by atoms with E-state index in [-0.39, 0.29) is 12.5 Å². The van der Waals surface area contributed by atoms with E-state index in [9.17, 15) is 9.90 Å². The van der Waals surface area contributed by atoms with Gasteiger partial charge >= 0.3 is 0 Å². The first-order valence-electron chi connectivity index (χ1n) is 9.56. The van der Waals surface area contributed by atoms with E-state index in [0.717, 1.165) is 31.5 Å². The quantitative estimate of drug-likeness (QED) is 0.890. The molecule has 3 rings (SSSR count). The second kappa shape index (κ2) is 8.68. The molecule has 2 aliphatic rings. The molecule has 25 heavy (non-hydrogen) atoms. The van der Waals surface area contributed by atoms with E-state index in [1.807, 2.05) is 30.0 Å². The third kappa shape index (κ3) is 4.73. The van der Waals surface area contributed by atoms with Crippen LogP contribution in [-0.4, -0.2) is 59.1 Å². The molecule has 138 valence electrons. The van der Waals surface area contributed by atoms with Gasteiger partial charge in [-0.3, -0.25) is 4.79 Å². The van der Waals surface area contributed by atoms with Crippen LogP contribution in [0.3, 0.4) is 0 Å². The van der Waals surface area contributed by atoms with Crippen LogP contribution in [0.4, 0.5) is 0 Å². The second-order valence-electron chi connectivity index (χ2n) is 7.22. The standard InChI is InChI=1S/C20H30N2O3/c1-16(25-19-8-4-6-17(14-19)15-23)20(24)22-12-5-7-18(9-13-22)21-10-2-3-11-21/h4,6,8,14,16,18,23H,2-3,5,7,9-13,15H2,1H3. The van der Waals surface area contributed by atoms with Crippen molar-refractivity contribution >= 4 is 5.91 Å². The third-order valence-electron chi connectivity index (χ3n) is 5.41. The largest absolute Gasteiger partial charge is 0.481 e. The van der Waals surface area contributed by atoms with Gasteiger partial charge in [0.2, 0.25) is 0 Å². The number of amides is 1. The molecule has 2 aliphatic heterocycles. The Kier molecular flexibility index (Phi) is 6.32. The minimum atomic E-state index is -0.503. The molecule has 0 bridgehead atoms. The van der Waals surface area contributed by atoms with Crippen molar-refractivity contribution in [3.05, 3.63) is 29.8 Å². The molecule has 0 spiro atoms. The number of rotatable bonds is 5. The van der Waals surface area contributed by atoms with Gasteiger partial charge in [-0.05, 0) is 69.8 Å². The highest BCUT2D eigenvalue weighted by Gasteiger charge is 2.28. The predicted octanol–water partition coefficient (Wildman–Crippen LogP) is 2.42. The van der Waals surface area contributed by atoms with Crippen molar-refractivity contribution in [2.75, 3.05) is 26.2 Å². The summed E-state index contributed by atoms with van der Waals surface area (Å²) in [7, 11) is 0. The average Bonchev–Trinajstić information content (AvgIpc) is 3.06. The number of hydrogen-bond acceptors (Lipinski definition) is 4. The number of likely N-dealkylation sites (tertiary alicyclic amines) is 2. The van der Waals surface area contributed by atoms with Crippen molar-refractivity contribution in [3.63, 3.8) is 0 Å². The summed E-state index contributed by atoms with van der Waals surface area (Å²) in [6, 6.07) is 7.93. The average molecular weight is 346 g/mol. The van der Waals surface area contributed by atoms with E-state index in [1.165, 1.54) is 32.4 Å². The van der Waals surface area contributed by atoms with Crippen LogP contribution in [0, 0.1) is 0 Å². The molecule has 2 saturated heterocycles. The van der Waals surface area contributed by atoms with Gasteiger partial charge in [0.1, 0.15) is 5.75 Å². The zero-order valence-electron chi connectivity index (χ0n) is 15.2. The summed E-state index contributed by atoms with van der Waals surface area (Å²) < 4.78 is 5.83. The van der Waals surface area contributed by atoms with E-state index in [2.05, 4.69) is 4.90 Å². The summed E-state index contributed by atoms with van der Waals surface area (Å²) in [4.78, 5) is 17.3. The van der Waals surface area contributed by atoms with Crippen LogP contribution in [0.15, 0.2) is 24.3 Å². The Balaban J connectivity index is 1.54. The van der Waals surface area contributed by atoms with Gasteiger partial charge < -0.3 is 19.6 Å². The number of nitrogens with zero attached hydrogens (tertiary/aromatic N) is 2. The summed E-state index contributed by atoms with van der Waals surface area (Å²) in [6.45, 7) is 5.89. The van der Waals surface area contributed by atoms with Gasteiger partial charge in [0, 0.05) is 19.1 Å². The maximum atomic E-state index is 12.8. The van der Waals surface area contributed by atoms with Crippen molar-refractivity contribution < 1.29 is 14.6 Å². The van der Waals surface area contributed by atoms with E-state index in [4.69, 9.17) is 4.74 Å². The smallest absolute Gasteiger partial charge is 0.263 e. The molecule has 0 aliphatic carbocycles. The molecule has 2 unspecified atom stereocenters. The van der Waals surface area contributed by atoms with Gasteiger partial charge in [-0.2, -0.15) is 0 Å². The first kappa shape index (κ1) is 18.2. The Morgan fingerprint density at radius 1 is 1.20 bits per heavy atom. The highest BCUT2D eigenvalue weighted by atomic mass is 16.5. The Hall–Kier alpha value is -1.59. The van der Waals surface area contributed by atoms with Gasteiger partial charge in [0.15, 0.2) is 6.10 Å². The van der Waals surface area contributed by atoms with Crippen LogP contribution in [0.5, 0.6) is 5.75 Å². The zero-order chi connectivity index (χ0) is 17.6. The number of carbonyl (C=O) groups excluding carboxylic acids is 1. The van der Waals surface area contributed by atoms with Crippen LogP contribution in [-0.2, 0) is 11.4 Å². The van der Waals surface area contributed by atoms with Crippen molar-refractivity contribution in [3.8, 4) is 5.75 Å². The number of carbonyl (C=O) groups is 1. The molecule has 2 atom stereocenters. The van der Waals surface area contributed by atoms with Crippen LogP contribution in [0.25, 0.3) is 0 Å². The van der Waals surface area contributed by atoms with Gasteiger partial charge in [0.05, 0.1) is 6.61 Å². The Morgan fingerprint density at radius 3 is 2.76 bits per heavy atom. The molecule has 1 amide bonds. The number of benzene rings is 1. The SMILES string of the molecule is CC(Oc1cccc(CO)c1)C(=O)N1CCCC(N2CCCC2)CC1. The van der Waals surface area contributed by atoms with Gasteiger partial charge in [-0.25, -0.2) is 0 Å². The summed E-state index contributed by atoms with van der Waals surface area (Å²) in [6.07, 6.45) is 5.46. The zero-order valence-corrected chi connectivity index (χ0v) is 15.2. The molecular formula is C20H30N2O3. The number of hydrogen-bond donors (Lipinski definition) is 1. The molecular weight excluding hydrogens is 316 g/mol. The van der Waals surface area contributed by atoms with Crippen LogP contribution >= 0.6 is 0 Å². The van der Waals surface area contributed by atoms with E-state index in [0.29, 0.717) is 11.8 Å². The first-order valence-corrected chi connectivity index (χ1v) is 9.56. The lowest BCUT2D eigenvalue weighted by Gasteiger charge is -2.27. The highest BCUT2D eigenvalue weighted by molar-refractivity contribution is 5.81. The topological polar surface area (TPSA) is 53.0 Å². The lowest BCUT2D eigenvalue weighted by Crippen LogP contribution is -2.41. The lowest BCUT2D eigenvalue weighted by molar-refractivity contribution is -0.137. The lowest BCUT2D eigenvalue weighted by atomic mass is 10.1. The fourth-order valence-electron chi connectivity index (χ4n) is 4.00. The predicted molar refractivity (Wildman–Crippen MR) is 97.5 cm³/mol. The van der Waals surface area contributed by atoms with Crippen molar-refractivity contribution in [2.24, 2.45) is 0 Å². The maximum Gasteiger partial charge on any atom is 0.263 e. The van der Waals surface area contributed by atoms with Gasteiger partial charge in [-0.1, -0.05) is 12.1 Å². The van der Waals surface area contributed by atoms with Crippen LogP contribution in [0.2, 0.25) is 0 Å².